The minimum atomic E-state index is 0.245. The third-order valence-electron chi connectivity index (χ3n) is 3.57. The lowest BCUT2D eigenvalue weighted by atomic mass is 10.0. The molecule has 0 aliphatic heterocycles. The Hall–Kier alpha value is -1.39. The van der Waals surface area contributed by atoms with Crippen molar-refractivity contribution < 1.29 is 4.74 Å². The number of thiazole rings is 1. The first kappa shape index (κ1) is 13.6. The van der Waals surface area contributed by atoms with Crippen LogP contribution in [0.25, 0.3) is 0 Å². The molecule has 3 nitrogen and oxygen atoms in total. The van der Waals surface area contributed by atoms with Gasteiger partial charge in [0.2, 0.25) is 0 Å². The molecule has 0 amide bonds. The summed E-state index contributed by atoms with van der Waals surface area (Å²) in [6.07, 6.45) is 3.61. The fraction of sp³-hybridized carbons (Fsp3) is 0.438. The topological polar surface area (TPSA) is 34.1 Å². The fourth-order valence-corrected chi connectivity index (χ4v) is 3.67. The van der Waals surface area contributed by atoms with Gasteiger partial charge in [0.05, 0.1) is 16.7 Å². The Morgan fingerprint density at radius 1 is 1.35 bits per heavy atom. The van der Waals surface area contributed by atoms with Crippen molar-refractivity contribution in [1.29, 1.82) is 0 Å². The number of nitrogens with one attached hydrogen (secondary N) is 1. The number of aromatic nitrogens is 1. The van der Waals surface area contributed by atoms with Crippen molar-refractivity contribution in [2.24, 2.45) is 0 Å². The number of nitrogens with zero attached hydrogens (tertiary/aromatic N) is 1. The number of rotatable bonds is 4. The number of hydrogen-bond acceptors (Lipinski definition) is 4. The van der Waals surface area contributed by atoms with Gasteiger partial charge in [-0.15, -0.1) is 0 Å². The van der Waals surface area contributed by atoms with Crippen LogP contribution in [0, 0.1) is 6.92 Å². The van der Waals surface area contributed by atoms with Crippen LogP contribution in [0.3, 0.4) is 0 Å². The number of fused-ring (bicyclic) bond motifs is 1. The number of benzene rings is 1. The third kappa shape index (κ3) is 2.86. The van der Waals surface area contributed by atoms with Crippen molar-refractivity contribution in [3.05, 3.63) is 40.4 Å². The number of anilines is 2. The molecule has 0 bridgehead atoms. The van der Waals surface area contributed by atoms with Crippen molar-refractivity contribution in [3.8, 4) is 0 Å². The predicted octanol–water partition coefficient (Wildman–Crippen LogP) is 4.61. The molecule has 0 fully saturated rings. The number of aryl methyl sites for hydroxylation is 2. The second-order valence-electron chi connectivity index (χ2n) is 5.16. The molecule has 1 aliphatic rings. The van der Waals surface area contributed by atoms with Gasteiger partial charge in [-0.05, 0) is 45.2 Å². The molecule has 1 heterocycles. The number of ether oxygens (including phenoxy) is 1. The largest absolute Gasteiger partial charge is 0.373 e. The molecule has 1 unspecified atom stereocenters. The lowest BCUT2D eigenvalue weighted by Crippen LogP contribution is -2.10. The van der Waals surface area contributed by atoms with Gasteiger partial charge in [0.1, 0.15) is 0 Å². The van der Waals surface area contributed by atoms with Gasteiger partial charge in [0.15, 0.2) is 5.13 Å². The smallest absolute Gasteiger partial charge is 0.187 e. The highest BCUT2D eigenvalue weighted by atomic mass is 32.1. The predicted molar refractivity (Wildman–Crippen MR) is 83.9 cm³/mol. The molecule has 1 aromatic heterocycles. The summed E-state index contributed by atoms with van der Waals surface area (Å²) >= 11 is 1.74. The lowest BCUT2D eigenvalue weighted by Gasteiger charge is -2.20. The van der Waals surface area contributed by atoms with Crippen molar-refractivity contribution in [2.75, 3.05) is 11.9 Å². The zero-order chi connectivity index (χ0) is 13.9. The molecule has 1 N–H and O–H groups in total. The van der Waals surface area contributed by atoms with Crippen molar-refractivity contribution in [2.45, 2.75) is 39.2 Å². The first-order chi connectivity index (χ1) is 9.76. The van der Waals surface area contributed by atoms with Crippen LogP contribution in [0.5, 0.6) is 0 Å². The lowest BCUT2D eigenvalue weighted by molar-refractivity contribution is 0.0524. The highest BCUT2D eigenvalue weighted by Gasteiger charge is 2.24. The molecule has 0 spiro atoms. The van der Waals surface area contributed by atoms with Gasteiger partial charge in [-0.3, -0.25) is 0 Å². The van der Waals surface area contributed by atoms with Gasteiger partial charge in [-0.1, -0.05) is 29.0 Å². The molecule has 0 saturated heterocycles. The van der Waals surface area contributed by atoms with Gasteiger partial charge in [-0.25, -0.2) is 4.98 Å². The maximum Gasteiger partial charge on any atom is 0.187 e. The van der Waals surface area contributed by atoms with Crippen LogP contribution in [0.2, 0.25) is 0 Å². The molecule has 0 radical (unpaired) electrons. The molecule has 2 aromatic rings. The van der Waals surface area contributed by atoms with Gasteiger partial charge < -0.3 is 10.1 Å². The average Bonchev–Trinajstić information content (AvgIpc) is 2.85. The fourth-order valence-electron chi connectivity index (χ4n) is 2.55. The van der Waals surface area contributed by atoms with Crippen LogP contribution in [0.15, 0.2) is 24.3 Å². The SMILES string of the molecule is CCOC1CCCc2nc(Nc3ccc(C)cc3)sc21. The second-order valence-corrected chi connectivity index (χ2v) is 6.19. The van der Waals surface area contributed by atoms with Crippen LogP contribution in [0.4, 0.5) is 10.8 Å². The Kier molecular flexibility index (Phi) is 4.03. The Bertz CT molecular complexity index is 577. The Labute approximate surface area is 124 Å². The van der Waals surface area contributed by atoms with E-state index in [9.17, 15) is 0 Å². The van der Waals surface area contributed by atoms with E-state index >= 15 is 0 Å². The summed E-state index contributed by atoms with van der Waals surface area (Å²) in [5, 5.41) is 4.38. The van der Waals surface area contributed by atoms with E-state index in [-0.39, 0.29) is 6.10 Å². The molecule has 106 valence electrons. The van der Waals surface area contributed by atoms with Gasteiger partial charge >= 0.3 is 0 Å². The first-order valence-corrected chi connectivity index (χ1v) is 8.03. The Morgan fingerprint density at radius 2 is 2.15 bits per heavy atom. The molecule has 1 aliphatic carbocycles. The molecular formula is C16H20N2OS. The standard InChI is InChI=1S/C16H20N2OS/c1-3-19-14-6-4-5-13-15(14)20-16(18-13)17-12-9-7-11(2)8-10-12/h7-10,14H,3-6H2,1-2H3,(H,17,18). The van der Waals surface area contributed by atoms with Crippen LogP contribution in [-0.4, -0.2) is 11.6 Å². The van der Waals surface area contributed by atoms with E-state index in [1.165, 1.54) is 22.6 Å². The second kappa shape index (κ2) is 5.94. The van der Waals surface area contributed by atoms with Crippen molar-refractivity contribution >= 4 is 22.2 Å². The maximum absolute atomic E-state index is 5.83. The highest BCUT2D eigenvalue weighted by molar-refractivity contribution is 7.15. The maximum atomic E-state index is 5.83. The third-order valence-corrected chi connectivity index (χ3v) is 4.68. The minimum absolute atomic E-state index is 0.245. The molecule has 1 atom stereocenters. The average molecular weight is 288 g/mol. The van der Waals surface area contributed by atoms with Crippen LogP contribution in [-0.2, 0) is 11.2 Å². The summed E-state index contributed by atoms with van der Waals surface area (Å²) in [6.45, 7) is 4.92. The zero-order valence-electron chi connectivity index (χ0n) is 12.0. The summed E-state index contributed by atoms with van der Waals surface area (Å²) < 4.78 is 5.83. The van der Waals surface area contributed by atoms with Crippen LogP contribution >= 0.6 is 11.3 Å². The van der Waals surface area contributed by atoms with Crippen LogP contribution in [0.1, 0.15) is 42.0 Å². The Morgan fingerprint density at radius 3 is 2.90 bits per heavy atom. The summed E-state index contributed by atoms with van der Waals surface area (Å²) in [6, 6.07) is 8.41. The molecule has 0 saturated carbocycles. The molecule has 20 heavy (non-hydrogen) atoms. The van der Waals surface area contributed by atoms with Crippen molar-refractivity contribution in [1.82, 2.24) is 4.98 Å². The summed E-state index contributed by atoms with van der Waals surface area (Å²) in [7, 11) is 0. The summed E-state index contributed by atoms with van der Waals surface area (Å²) in [5.74, 6) is 0. The van der Waals surface area contributed by atoms with E-state index in [2.05, 4.69) is 43.4 Å². The zero-order valence-corrected chi connectivity index (χ0v) is 12.8. The van der Waals surface area contributed by atoms with E-state index in [0.29, 0.717) is 0 Å². The van der Waals surface area contributed by atoms with E-state index < -0.39 is 0 Å². The van der Waals surface area contributed by atoms with Crippen molar-refractivity contribution in [3.63, 3.8) is 0 Å². The van der Waals surface area contributed by atoms with E-state index in [4.69, 9.17) is 9.72 Å². The summed E-state index contributed by atoms with van der Waals surface area (Å²) in [4.78, 5) is 6.04. The molecular weight excluding hydrogens is 268 g/mol. The summed E-state index contributed by atoms with van der Waals surface area (Å²) in [5.41, 5.74) is 3.58. The monoisotopic (exact) mass is 288 g/mol. The number of hydrogen-bond donors (Lipinski definition) is 1. The van der Waals surface area contributed by atoms with Gasteiger partial charge in [-0.2, -0.15) is 0 Å². The van der Waals surface area contributed by atoms with E-state index in [1.807, 2.05) is 0 Å². The molecule has 3 rings (SSSR count). The normalized spacial score (nSPS) is 17.8. The van der Waals surface area contributed by atoms with E-state index in [0.717, 1.165) is 30.3 Å². The Balaban J connectivity index is 1.80. The quantitative estimate of drug-likeness (QED) is 0.892. The molecule has 1 aromatic carbocycles. The van der Waals surface area contributed by atoms with E-state index in [1.54, 1.807) is 11.3 Å². The first-order valence-electron chi connectivity index (χ1n) is 7.21. The minimum Gasteiger partial charge on any atom is -0.373 e. The highest BCUT2D eigenvalue weighted by Crippen LogP contribution is 2.39. The van der Waals surface area contributed by atoms with Crippen LogP contribution < -0.4 is 5.32 Å². The van der Waals surface area contributed by atoms with Gasteiger partial charge in [0.25, 0.3) is 0 Å². The molecule has 4 heteroatoms. The van der Waals surface area contributed by atoms with Gasteiger partial charge in [0, 0.05) is 12.3 Å².